The standard InChI is InChI=1S/C12H17NO5S/c1-18-11-5-3-2-4-10(11)7-9-19(16,17)13-8-6-12(14)15/h2-5,13H,6-9H2,1H3,(H,14,15). The van der Waals surface area contributed by atoms with Gasteiger partial charge in [-0.15, -0.1) is 0 Å². The van der Waals surface area contributed by atoms with Crippen LogP contribution in [-0.4, -0.2) is 38.9 Å². The van der Waals surface area contributed by atoms with Gasteiger partial charge < -0.3 is 9.84 Å². The normalized spacial score (nSPS) is 11.2. The molecule has 0 amide bonds. The number of nitrogens with one attached hydrogen (secondary N) is 1. The molecule has 19 heavy (non-hydrogen) atoms. The molecule has 0 aliphatic rings. The van der Waals surface area contributed by atoms with E-state index in [-0.39, 0.29) is 18.7 Å². The van der Waals surface area contributed by atoms with Gasteiger partial charge in [0.05, 0.1) is 19.3 Å². The minimum Gasteiger partial charge on any atom is -0.496 e. The molecule has 0 radical (unpaired) electrons. The molecule has 0 bridgehead atoms. The van der Waals surface area contributed by atoms with Crippen LogP contribution in [0.5, 0.6) is 5.75 Å². The van der Waals surface area contributed by atoms with Gasteiger partial charge in [-0.25, -0.2) is 13.1 Å². The Labute approximate surface area is 112 Å². The van der Waals surface area contributed by atoms with E-state index in [1.165, 1.54) is 7.11 Å². The number of carbonyl (C=O) groups is 1. The van der Waals surface area contributed by atoms with Crippen LogP contribution in [-0.2, 0) is 21.2 Å². The van der Waals surface area contributed by atoms with Crippen molar-refractivity contribution in [2.24, 2.45) is 0 Å². The highest BCUT2D eigenvalue weighted by atomic mass is 32.2. The van der Waals surface area contributed by atoms with Crippen LogP contribution in [0.15, 0.2) is 24.3 Å². The molecule has 6 nitrogen and oxygen atoms in total. The molecule has 0 spiro atoms. The van der Waals surface area contributed by atoms with Gasteiger partial charge in [0, 0.05) is 6.54 Å². The summed E-state index contributed by atoms with van der Waals surface area (Å²) in [6.07, 6.45) is 0.0836. The lowest BCUT2D eigenvalue weighted by molar-refractivity contribution is -0.136. The van der Waals surface area contributed by atoms with E-state index in [2.05, 4.69) is 4.72 Å². The molecular formula is C12H17NO5S. The summed E-state index contributed by atoms with van der Waals surface area (Å²) in [5.41, 5.74) is 0.800. The third kappa shape index (κ3) is 5.71. The van der Waals surface area contributed by atoms with Crippen molar-refractivity contribution >= 4 is 16.0 Å². The second-order valence-electron chi connectivity index (χ2n) is 3.92. The predicted molar refractivity (Wildman–Crippen MR) is 70.7 cm³/mol. The molecule has 0 aliphatic heterocycles. The summed E-state index contributed by atoms with van der Waals surface area (Å²) in [4.78, 5) is 10.3. The van der Waals surface area contributed by atoms with E-state index in [4.69, 9.17) is 9.84 Å². The molecule has 0 aromatic heterocycles. The molecule has 1 aromatic carbocycles. The van der Waals surface area contributed by atoms with Gasteiger partial charge in [0.2, 0.25) is 10.0 Å². The summed E-state index contributed by atoms with van der Waals surface area (Å²) in [5.74, 6) is -0.497. The number of hydrogen-bond acceptors (Lipinski definition) is 4. The zero-order chi connectivity index (χ0) is 14.3. The van der Waals surface area contributed by atoms with Crippen LogP contribution in [0.2, 0.25) is 0 Å². The lowest BCUT2D eigenvalue weighted by atomic mass is 10.1. The molecule has 0 unspecified atom stereocenters. The van der Waals surface area contributed by atoms with E-state index in [0.717, 1.165) is 5.56 Å². The van der Waals surface area contributed by atoms with Crippen molar-refractivity contribution in [2.45, 2.75) is 12.8 Å². The van der Waals surface area contributed by atoms with Crippen LogP contribution in [0.25, 0.3) is 0 Å². The SMILES string of the molecule is COc1ccccc1CCS(=O)(=O)NCCC(=O)O. The summed E-state index contributed by atoms with van der Waals surface area (Å²) >= 11 is 0. The number of aryl methyl sites for hydroxylation is 1. The average Bonchev–Trinajstić information content (AvgIpc) is 2.36. The first-order chi connectivity index (χ1) is 8.94. The van der Waals surface area contributed by atoms with Gasteiger partial charge in [-0.05, 0) is 18.1 Å². The lowest BCUT2D eigenvalue weighted by Crippen LogP contribution is -2.29. The van der Waals surface area contributed by atoms with Gasteiger partial charge >= 0.3 is 5.97 Å². The van der Waals surface area contributed by atoms with Crippen LogP contribution in [0.4, 0.5) is 0 Å². The molecule has 0 saturated carbocycles. The van der Waals surface area contributed by atoms with Gasteiger partial charge in [-0.2, -0.15) is 0 Å². The molecule has 0 fully saturated rings. The first kappa shape index (κ1) is 15.5. The Morgan fingerprint density at radius 3 is 2.68 bits per heavy atom. The molecule has 0 atom stereocenters. The minimum atomic E-state index is -3.47. The van der Waals surface area contributed by atoms with Crippen LogP contribution in [0.1, 0.15) is 12.0 Å². The number of aliphatic carboxylic acids is 1. The van der Waals surface area contributed by atoms with Crippen LogP contribution >= 0.6 is 0 Å². The molecule has 106 valence electrons. The summed E-state index contributed by atoms with van der Waals surface area (Å²) in [7, 11) is -1.94. The molecule has 1 aromatic rings. The van der Waals surface area contributed by atoms with E-state index in [1.54, 1.807) is 12.1 Å². The first-order valence-corrected chi connectivity index (χ1v) is 7.41. The number of hydrogen-bond donors (Lipinski definition) is 2. The quantitative estimate of drug-likeness (QED) is 0.731. The number of methoxy groups -OCH3 is 1. The Morgan fingerprint density at radius 1 is 1.37 bits per heavy atom. The van der Waals surface area contributed by atoms with Gasteiger partial charge in [-0.1, -0.05) is 18.2 Å². The summed E-state index contributed by atoms with van der Waals surface area (Å²) in [6.45, 7) is -0.0937. The van der Waals surface area contributed by atoms with Crippen molar-refractivity contribution in [2.75, 3.05) is 19.4 Å². The molecule has 0 aliphatic carbocycles. The fraction of sp³-hybridized carbons (Fsp3) is 0.417. The molecule has 0 heterocycles. The highest BCUT2D eigenvalue weighted by molar-refractivity contribution is 7.89. The maximum atomic E-state index is 11.6. The number of para-hydroxylation sites is 1. The minimum absolute atomic E-state index is 0.0937. The van der Waals surface area contributed by atoms with Crippen LogP contribution in [0.3, 0.4) is 0 Å². The van der Waals surface area contributed by atoms with E-state index in [0.29, 0.717) is 12.2 Å². The monoisotopic (exact) mass is 287 g/mol. The fourth-order valence-corrected chi connectivity index (χ4v) is 2.59. The van der Waals surface area contributed by atoms with E-state index in [9.17, 15) is 13.2 Å². The Morgan fingerprint density at radius 2 is 2.05 bits per heavy atom. The highest BCUT2D eigenvalue weighted by Crippen LogP contribution is 2.17. The van der Waals surface area contributed by atoms with E-state index < -0.39 is 16.0 Å². The Bertz CT molecular complexity index is 527. The van der Waals surface area contributed by atoms with Crippen LogP contribution in [0, 0.1) is 0 Å². The zero-order valence-electron chi connectivity index (χ0n) is 10.6. The van der Waals surface area contributed by atoms with Gasteiger partial charge in [0.25, 0.3) is 0 Å². The van der Waals surface area contributed by atoms with Crippen LogP contribution < -0.4 is 9.46 Å². The van der Waals surface area contributed by atoms with E-state index >= 15 is 0 Å². The average molecular weight is 287 g/mol. The number of ether oxygens (including phenoxy) is 1. The van der Waals surface area contributed by atoms with E-state index in [1.807, 2.05) is 12.1 Å². The zero-order valence-corrected chi connectivity index (χ0v) is 11.4. The Balaban J connectivity index is 2.53. The Kier molecular flexibility index (Phi) is 5.78. The van der Waals surface area contributed by atoms with Gasteiger partial charge in [0.1, 0.15) is 5.75 Å². The molecule has 0 saturated heterocycles. The summed E-state index contributed by atoms with van der Waals surface area (Å²) in [6, 6.07) is 7.18. The van der Waals surface area contributed by atoms with Crippen molar-refractivity contribution in [3.63, 3.8) is 0 Å². The Hall–Kier alpha value is -1.60. The molecule has 7 heteroatoms. The first-order valence-electron chi connectivity index (χ1n) is 5.75. The number of benzene rings is 1. The number of sulfonamides is 1. The second kappa shape index (κ2) is 7.10. The largest absolute Gasteiger partial charge is 0.496 e. The van der Waals surface area contributed by atoms with Crippen molar-refractivity contribution in [3.8, 4) is 5.75 Å². The number of carboxylic acids is 1. The number of rotatable bonds is 8. The highest BCUT2D eigenvalue weighted by Gasteiger charge is 2.12. The lowest BCUT2D eigenvalue weighted by Gasteiger charge is -2.09. The smallest absolute Gasteiger partial charge is 0.304 e. The summed E-state index contributed by atoms with van der Waals surface area (Å²) < 4.78 is 30.7. The molecule has 1 rings (SSSR count). The molecule has 2 N–H and O–H groups in total. The predicted octanol–water partition coefficient (Wildman–Crippen LogP) is 0.632. The number of carboxylic acid groups (broad SMARTS) is 1. The topological polar surface area (TPSA) is 92.7 Å². The third-order valence-electron chi connectivity index (χ3n) is 2.49. The van der Waals surface area contributed by atoms with Gasteiger partial charge in [0.15, 0.2) is 0 Å². The second-order valence-corrected chi connectivity index (χ2v) is 5.85. The van der Waals surface area contributed by atoms with Crippen molar-refractivity contribution in [3.05, 3.63) is 29.8 Å². The fourth-order valence-electron chi connectivity index (χ4n) is 1.54. The van der Waals surface area contributed by atoms with Crippen molar-refractivity contribution < 1.29 is 23.1 Å². The summed E-state index contributed by atoms with van der Waals surface area (Å²) in [5, 5.41) is 8.44. The van der Waals surface area contributed by atoms with Gasteiger partial charge in [-0.3, -0.25) is 4.79 Å². The van der Waals surface area contributed by atoms with Crippen molar-refractivity contribution in [1.29, 1.82) is 0 Å². The third-order valence-corrected chi connectivity index (χ3v) is 3.88. The molecular weight excluding hydrogens is 270 g/mol. The van der Waals surface area contributed by atoms with Crippen molar-refractivity contribution in [1.82, 2.24) is 4.72 Å². The maximum absolute atomic E-state index is 11.6. The maximum Gasteiger partial charge on any atom is 0.304 e.